The molecule has 1 aliphatic carbocycles. The molecule has 1 saturated carbocycles. The maximum Gasteiger partial charge on any atom is 0.257 e. The lowest BCUT2D eigenvalue weighted by Crippen LogP contribution is -2.41. The van der Waals surface area contributed by atoms with E-state index in [0.29, 0.717) is 46.0 Å². The van der Waals surface area contributed by atoms with E-state index in [0.717, 1.165) is 32.4 Å². The Balaban J connectivity index is 1.41. The molecule has 1 atom stereocenters. The normalized spacial score (nSPS) is 20.6. The van der Waals surface area contributed by atoms with Crippen LogP contribution in [0.5, 0.6) is 0 Å². The van der Waals surface area contributed by atoms with Crippen LogP contribution in [0.4, 0.5) is 17.1 Å². The second-order valence-electron chi connectivity index (χ2n) is 10.2. The minimum Gasteiger partial charge on any atom is -0.395 e. The van der Waals surface area contributed by atoms with Crippen LogP contribution in [0.1, 0.15) is 42.5 Å². The summed E-state index contributed by atoms with van der Waals surface area (Å²) < 4.78 is 49.9. The van der Waals surface area contributed by atoms with E-state index in [1.54, 1.807) is 40.7 Å². The number of nitrogens with zero attached hydrogens (tertiary/aromatic N) is 2. The van der Waals surface area contributed by atoms with Crippen LogP contribution < -0.4 is 14.9 Å². The molecular formula is C25H33N5O5S2. The number of sulfonamides is 1. The standard InChI is InChI=1S/C25H33N5O5S2/c26-37(35,30-11-2-12-30)21-4-1-3-19(17-21)27-24(32)22-6-5-20(28-36(33,34)16-15-31)18-23(22)29-13-9-25(7-8-25)10-14-29/h1,3-6,17-18,26,28,31H,2,7-16H2,(H,27,32)/t37-/m1/s1. The molecule has 10 nitrogen and oxygen atoms in total. The highest BCUT2D eigenvalue weighted by Gasteiger charge is 2.44. The predicted molar refractivity (Wildman–Crippen MR) is 144 cm³/mol. The van der Waals surface area contributed by atoms with Crippen molar-refractivity contribution in [1.82, 2.24) is 4.31 Å². The molecule has 12 heteroatoms. The summed E-state index contributed by atoms with van der Waals surface area (Å²) in [6.07, 6.45) is 5.46. The second-order valence-corrected chi connectivity index (χ2v) is 14.0. The fraction of sp³-hybridized carbons (Fsp3) is 0.480. The summed E-state index contributed by atoms with van der Waals surface area (Å²) in [5.41, 5.74) is 2.24. The Morgan fingerprint density at radius 1 is 0.973 bits per heavy atom. The molecule has 0 radical (unpaired) electrons. The summed E-state index contributed by atoms with van der Waals surface area (Å²) in [5, 5.41) is 11.9. The molecule has 0 aromatic heterocycles. The Morgan fingerprint density at radius 3 is 2.32 bits per heavy atom. The molecule has 1 spiro atoms. The number of benzene rings is 2. The summed E-state index contributed by atoms with van der Waals surface area (Å²) in [6, 6.07) is 11.4. The van der Waals surface area contributed by atoms with Crippen LogP contribution in [0.15, 0.2) is 47.4 Å². The summed E-state index contributed by atoms with van der Waals surface area (Å²) in [7, 11) is -6.81. The van der Waals surface area contributed by atoms with Gasteiger partial charge in [-0.3, -0.25) is 9.52 Å². The molecule has 2 aromatic rings. The molecule has 37 heavy (non-hydrogen) atoms. The van der Waals surface area contributed by atoms with E-state index in [9.17, 15) is 17.4 Å². The van der Waals surface area contributed by atoms with Gasteiger partial charge in [-0.2, -0.15) is 0 Å². The number of anilines is 3. The second kappa shape index (κ2) is 9.90. The lowest BCUT2D eigenvalue weighted by Gasteiger charge is -2.35. The third-order valence-corrected chi connectivity index (χ3v) is 10.8. The Kier molecular flexibility index (Phi) is 6.94. The molecule has 2 saturated heterocycles. The van der Waals surface area contributed by atoms with Crippen molar-refractivity contribution in [1.29, 1.82) is 4.78 Å². The van der Waals surface area contributed by atoms with Crippen molar-refractivity contribution < 1.29 is 22.5 Å². The van der Waals surface area contributed by atoms with Gasteiger partial charge in [-0.05, 0) is 73.9 Å². The molecule has 2 aliphatic heterocycles. The number of rotatable bonds is 9. The first-order chi connectivity index (χ1) is 17.6. The van der Waals surface area contributed by atoms with Gasteiger partial charge in [0.2, 0.25) is 10.0 Å². The zero-order valence-corrected chi connectivity index (χ0v) is 22.2. The van der Waals surface area contributed by atoms with Crippen LogP contribution in [0.3, 0.4) is 0 Å². The van der Waals surface area contributed by atoms with Gasteiger partial charge in [-0.15, -0.1) is 0 Å². The zero-order chi connectivity index (χ0) is 26.3. The van der Waals surface area contributed by atoms with Gasteiger partial charge in [0.1, 0.15) is 9.92 Å². The quantitative estimate of drug-likeness (QED) is 0.380. The Morgan fingerprint density at radius 2 is 1.70 bits per heavy atom. The smallest absolute Gasteiger partial charge is 0.257 e. The van der Waals surface area contributed by atoms with E-state index in [1.165, 1.54) is 18.9 Å². The lowest BCUT2D eigenvalue weighted by molar-refractivity contribution is 0.102. The molecule has 0 unspecified atom stereocenters. The average Bonchev–Trinajstić information content (AvgIpc) is 3.56. The van der Waals surface area contributed by atoms with Crippen molar-refractivity contribution in [2.24, 2.45) is 5.41 Å². The summed E-state index contributed by atoms with van der Waals surface area (Å²) >= 11 is 0. The molecule has 200 valence electrons. The molecular weight excluding hydrogens is 514 g/mol. The Hall–Kier alpha value is -2.67. The number of nitrogens with one attached hydrogen (secondary N) is 3. The fourth-order valence-corrected chi connectivity index (χ4v) is 7.38. The molecule has 4 N–H and O–H groups in total. The molecule has 2 aromatic carbocycles. The molecule has 3 fully saturated rings. The first-order valence-corrected chi connectivity index (χ1v) is 15.7. The average molecular weight is 548 g/mol. The minimum absolute atomic E-state index is 0.331. The van der Waals surface area contributed by atoms with E-state index >= 15 is 0 Å². The monoisotopic (exact) mass is 547 g/mol. The first-order valence-electron chi connectivity index (χ1n) is 12.6. The van der Waals surface area contributed by atoms with Crippen molar-refractivity contribution in [3.8, 4) is 0 Å². The SMILES string of the molecule is N=[S@](=O)(c1cccc(NC(=O)c2ccc(NS(=O)(=O)CCO)cc2N2CCC3(CC2)CC3)c1)N1CCC1. The maximum atomic E-state index is 13.4. The fourth-order valence-electron chi connectivity index (χ4n) is 4.94. The van der Waals surface area contributed by atoms with Crippen molar-refractivity contribution in [2.75, 3.05) is 53.5 Å². The van der Waals surface area contributed by atoms with Crippen molar-refractivity contribution >= 4 is 42.9 Å². The molecule has 5 rings (SSSR count). The van der Waals surface area contributed by atoms with Gasteiger partial charge in [0.15, 0.2) is 0 Å². The third-order valence-electron chi connectivity index (χ3n) is 7.59. The van der Waals surface area contributed by atoms with Crippen LogP contribution >= 0.6 is 0 Å². The molecule has 0 bridgehead atoms. The number of piperidine rings is 1. The topological polar surface area (TPSA) is 143 Å². The molecule has 3 aliphatic rings. The number of hydrogen-bond acceptors (Lipinski definition) is 7. The first kappa shape index (κ1) is 26.0. The van der Waals surface area contributed by atoms with Gasteiger partial charge in [0, 0.05) is 31.9 Å². The Labute approximate surface area is 218 Å². The van der Waals surface area contributed by atoms with E-state index in [1.807, 2.05) is 0 Å². The van der Waals surface area contributed by atoms with Crippen LogP contribution in [0, 0.1) is 10.2 Å². The number of hydrogen-bond donors (Lipinski definition) is 4. The summed E-state index contributed by atoms with van der Waals surface area (Å²) in [4.78, 5) is 15.9. The number of carbonyl (C=O) groups excluding carboxylic acids is 1. The predicted octanol–water partition coefficient (Wildman–Crippen LogP) is 3.08. The van der Waals surface area contributed by atoms with Crippen molar-refractivity contribution in [2.45, 2.75) is 37.0 Å². The highest BCUT2D eigenvalue weighted by molar-refractivity contribution is 7.92. The zero-order valence-electron chi connectivity index (χ0n) is 20.6. The maximum absolute atomic E-state index is 13.4. The molecule has 1 amide bonds. The lowest BCUT2D eigenvalue weighted by atomic mass is 9.93. The molecule has 2 heterocycles. The van der Waals surface area contributed by atoms with Gasteiger partial charge in [0.05, 0.1) is 34.2 Å². The number of aliphatic hydroxyl groups is 1. The minimum atomic E-state index is -3.71. The number of carbonyl (C=O) groups is 1. The van der Waals surface area contributed by atoms with E-state index < -0.39 is 32.3 Å². The highest BCUT2D eigenvalue weighted by Crippen LogP contribution is 2.54. The van der Waals surface area contributed by atoms with Gasteiger partial charge < -0.3 is 15.3 Å². The Bertz CT molecular complexity index is 1390. The van der Waals surface area contributed by atoms with Crippen LogP contribution in [-0.4, -0.2) is 66.5 Å². The highest BCUT2D eigenvalue weighted by atomic mass is 32.2. The van der Waals surface area contributed by atoms with Crippen LogP contribution in [-0.2, 0) is 19.9 Å². The van der Waals surface area contributed by atoms with Gasteiger partial charge in [-0.1, -0.05) is 6.07 Å². The third kappa shape index (κ3) is 5.62. The van der Waals surface area contributed by atoms with Crippen molar-refractivity contribution in [3.63, 3.8) is 0 Å². The largest absolute Gasteiger partial charge is 0.395 e. The van der Waals surface area contributed by atoms with Crippen LogP contribution in [0.25, 0.3) is 0 Å². The van der Waals surface area contributed by atoms with E-state index in [4.69, 9.17) is 9.89 Å². The summed E-state index contributed by atoms with van der Waals surface area (Å²) in [6.45, 7) is 2.30. The van der Waals surface area contributed by atoms with Crippen LogP contribution in [0.2, 0.25) is 0 Å². The van der Waals surface area contributed by atoms with Gasteiger partial charge >= 0.3 is 0 Å². The summed E-state index contributed by atoms with van der Waals surface area (Å²) in [5.74, 6) is -0.784. The number of aliphatic hydroxyl groups excluding tert-OH is 1. The van der Waals surface area contributed by atoms with Crippen molar-refractivity contribution in [3.05, 3.63) is 48.0 Å². The van der Waals surface area contributed by atoms with Gasteiger partial charge in [-0.25, -0.2) is 21.7 Å². The van der Waals surface area contributed by atoms with E-state index in [-0.39, 0.29) is 5.91 Å². The van der Waals surface area contributed by atoms with Gasteiger partial charge in [0.25, 0.3) is 5.91 Å². The number of amides is 1. The van der Waals surface area contributed by atoms with E-state index in [2.05, 4.69) is 14.9 Å².